The lowest BCUT2D eigenvalue weighted by molar-refractivity contribution is 0.0974. The zero-order chi connectivity index (χ0) is 17.9. The van der Waals surface area contributed by atoms with Crippen molar-refractivity contribution in [2.45, 2.75) is 13.2 Å². The van der Waals surface area contributed by atoms with Crippen LogP contribution in [-0.4, -0.2) is 45.8 Å². The van der Waals surface area contributed by atoms with Crippen LogP contribution in [0.15, 0.2) is 46.2 Å². The van der Waals surface area contributed by atoms with Gasteiger partial charge in [0.1, 0.15) is 0 Å². The highest BCUT2D eigenvalue weighted by Crippen LogP contribution is 2.23. The average Bonchev–Trinajstić information content (AvgIpc) is 3.29. The molecule has 0 atom stereocenters. The van der Waals surface area contributed by atoms with Crippen molar-refractivity contribution in [3.05, 3.63) is 57.2 Å². The second-order valence-electron chi connectivity index (χ2n) is 6.31. The molecular weight excluding hydrogens is 388 g/mol. The monoisotopic (exact) mass is 406 g/mol. The molecule has 0 radical (unpaired) electrons. The Hall–Kier alpha value is -1.51. The van der Waals surface area contributed by atoms with Crippen LogP contribution in [0.5, 0.6) is 0 Å². The maximum Gasteiger partial charge on any atom is 0.288 e. The second-order valence-corrected chi connectivity index (χ2v) is 8.05. The number of piperazine rings is 1. The van der Waals surface area contributed by atoms with Gasteiger partial charge in [0.25, 0.3) is 10.7 Å². The van der Waals surface area contributed by atoms with Crippen LogP contribution in [-0.2, 0) is 13.2 Å². The van der Waals surface area contributed by atoms with E-state index in [9.17, 15) is 0 Å². The fraction of sp³-hybridized carbons (Fsp3) is 0.333. The normalized spacial score (nSPS) is 16.2. The molecule has 3 heterocycles. The van der Waals surface area contributed by atoms with Gasteiger partial charge in [-0.15, -0.1) is 16.4 Å². The van der Waals surface area contributed by atoms with Gasteiger partial charge < -0.3 is 4.42 Å². The third-order valence-corrected chi connectivity index (χ3v) is 5.86. The molecule has 0 spiro atoms. The number of aromatic nitrogens is 2. The van der Waals surface area contributed by atoms with Gasteiger partial charge in [-0.1, -0.05) is 29.8 Å². The summed E-state index contributed by atoms with van der Waals surface area (Å²) >= 11 is 12.9. The van der Waals surface area contributed by atoms with E-state index in [4.69, 9.17) is 28.2 Å². The van der Waals surface area contributed by atoms with E-state index in [1.54, 1.807) is 16.0 Å². The number of rotatable bonds is 5. The topological polar surface area (TPSA) is 37.4 Å². The smallest absolute Gasteiger partial charge is 0.288 e. The second kappa shape index (κ2) is 8.02. The minimum atomic E-state index is 0.428. The standard InChI is InChI=1S/C18H19ClN4OS2/c19-15-5-3-14(4-6-15)12-21-7-9-22(10-8-21)13-23-18(25)24-17(20-23)16-2-1-11-26-16/h1-6,11H,7-10,12-13H2. The Balaban J connectivity index is 1.33. The van der Waals surface area contributed by atoms with Crippen molar-refractivity contribution in [3.63, 3.8) is 0 Å². The molecule has 0 unspecified atom stereocenters. The Labute approximate surface area is 166 Å². The van der Waals surface area contributed by atoms with Crippen LogP contribution in [0.25, 0.3) is 10.8 Å². The molecule has 1 saturated heterocycles. The first kappa shape index (κ1) is 17.9. The molecule has 0 bridgehead atoms. The van der Waals surface area contributed by atoms with Gasteiger partial charge in [0.05, 0.1) is 11.5 Å². The molecule has 0 N–H and O–H groups in total. The number of hydrogen-bond donors (Lipinski definition) is 0. The molecule has 1 fully saturated rings. The van der Waals surface area contributed by atoms with Crippen LogP contribution in [0.2, 0.25) is 5.02 Å². The Morgan fingerprint density at radius 3 is 2.50 bits per heavy atom. The van der Waals surface area contributed by atoms with E-state index < -0.39 is 0 Å². The molecule has 1 aliphatic heterocycles. The summed E-state index contributed by atoms with van der Waals surface area (Å²) in [6.45, 7) is 5.63. The van der Waals surface area contributed by atoms with E-state index in [2.05, 4.69) is 27.0 Å². The third-order valence-electron chi connectivity index (χ3n) is 4.46. The van der Waals surface area contributed by atoms with Crippen LogP contribution in [0.4, 0.5) is 0 Å². The lowest BCUT2D eigenvalue weighted by Crippen LogP contribution is -2.46. The Bertz CT molecular complexity index is 896. The van der Waals surface area contributed by atoms with Crippen molar-refractivity contribution in [2.24, 2.45) is 0 Å². The minimum absolute atomic E-state index is 0.428. The summed E-state index contributed by atoms with van der Waals surface area (Å²) in [6, 6.07) is 12.1. The summed E-state index contributed by atoms with van der Waals surface area (Å²) in [4.78, 5) is 6.24. The van der Waals surface area contributed by atoms with Crippen LogP contribution in [0.1, 0.15) is 5.56 Å². The first-order valence-corrected chi connectivity index (χ1v) is 10.1. The van der Waals surface area contributed by atoms with Crippen molar-refractivity contribution in [1.82, 2.24) is 19.6 Å². The zero-order valence-corrected chi connectivity index (χ0v) is 16.6. The van der Waals surface area contributed by atoms with Crippen molar-refractivity contribution in [1.29, 1.82) is 0 Å². The van der Waals surface area contributed by atoms with Crippen LogP contribution in [0, 0.1) is 4.84 Å². The van der Waals surface area contributed by atoms with Gasteiger partial charge in [0.15, 0.2) is 0 Å². The summed E-state index contributed by atoms with van der Waals surface area (Å²) in [7, 11) is 0. The van der Waals surface area contributed by atoms with E-state index in [0.717, 1.165) is 42.6 Å². The molecule has 8 heteroatoms. The molecule has 0 saturated carbocycles. The lowest BCUT2D eigenvalue weighted by atomic mass is 10.2. The van der Waals surface area contributed by atoms with E-state index >= 15 is 0 Å². The molecule has 136 valence electrons. The van der Waals surface area contributed by atoms with Crippen LogP contribution in [0.3, 0.4) is 0 Å². The molecule has 4 rings (SSSR count). The van der Waals surface area contributed by atoms with Crippen LogP contribution < -0.4 is 0 Å². The summed E-state index contributed by atoms with van der Waals surface area (Å²) in [6.07, 6.45) is 0. The number of benzene rings is 1. The lowest BCUT2D eigenvalue weighted by Gasteiger charge is -2.34. The highest BCUT2D eigenvalue weighted by Gasteiger charge is 2.19. The van der Waals surface area contributed by atoms with Gasteiger partial charge in [-0.3, -0.25) is 9.80 Å². The van der Waals surface area contributed by atoms with Gasteiger partial charge in [0, 0.05) is 37.7 Å². The predicted molar refractivity (Wildman–Crippen MR) is 107 cm³/mol. The van der Waals surface area contributed by atoms with Crippen molar-refractivity contribution >= 4 is 35.2 Å². The number of hydrogen-bond acceptors (Lipinski definition) is 6. The molecule has 26 heavy (non-hydrogen) atoms. The minimum Gasteiger partial charge on any atom is -0.408 e. The average molecular weight is 407 g/mol. The highest BCUT2D eigenvalue weighted by atomic mass is 35.5. The van der Waals surface area contributed by atoms with E-state index in [-0.39, 0.29) is 0 Å². The van der Waals surface area contributed by atoms with Crippen LogP contribution >= 0.6 is 35.2 Å². The summed E-state index contributed by atoms with van der Waals surface area (Å²) < 4.78 is 7.42. The number of halogens is 1. The number of thiophene rings is 1. The first-order chi connectivity index (χ1) is 12.7. The van der Waals surface area contributed by atoms with Gasteiger partial charge in [-0.05, 0) is 41.4 Å². The summed E-state index contributed by atoms with van der Waals surface area (Å²) in [5.74, 6) is 0.603. The van der Waals surface area contributed by atoms with Crippen molar-refractivity contribution in [2.75, 3.05) is 26.2 Å². The van der Waals surface area contributed by atoms with Gasteiger partial charge in [-0.2, -0.15) is 0 Å². The van der Waals surface area contributed by atoms with Gasteiger partial charge in [-0.25, -0.2) is 4.68 Å². The van der Waals surface area contributed by atoms with E-state index in [0.29, 0.717) is 17.4 Å². The Kier molecular flexibility index (Phi) is 5.52. The molecule has 0 amide bonds. The highest BCUT2D eigenvalue weighted by molar-refractivity contribution is 7.71. The third kappa shape index (κ3) is 4.24. The zero-order valence-electron chi connectivity index (χ0n) is 14.2. The maximum atomic E-state index is 5.95. The Morgan fingerprint density at radius 2 is 1.81 bits per heavy atom. The first-order valence-electron chi connectivity index (χ1n) is 8.48. The van der Waals surface area contributed by atoms with Crippen molar-refractivity contribution < 1.29 is 4.42 Å². The maximum absolute atomic E-state index is 5.95. The fourth-order valence-corrected chi connectivity index (χ4v) is 3.97. The molecule has 2 aromatic heterocycles. The summed E-state index contributed by atoms with van der Waals surface area (Å²) in [5.41, 5.74) is 1.29. The van der Waals surface area contributed by atoms with Crippen molar-refractivity contribution in [3.8, 4) is 10.8 Å². The predicted octanol–water partition coefficient (Wildman–Crippen LogP) is 4.36. The Morgan fingerprint density at radius 1 is 1.08 bits per heavy atom. The van der Waals surface area contributed by atoms with E-state index in [1.165, 1.54) is 5.56 Å². The SMILES string of the molecule is S=c1oc(-c2cccs2)nn1CN1CCN(Cc2ccc(Cl)cc2)CC1. The fourth-order valence-electron chi connectivity index (χ4n) is 3.02. The van der Waals surface area contributed by atoms with E-state index in [1.807, 2.05) is 29.6 Å². The molecular formula is C18H19ClN4OS2. The quantitative estimate of drug-likeness (QED) is 0.588. The largest absolute Gasteiger partial charge is 0.408 e. The molecule has 5 nitrogen and oxygen atoms in total. The van der Waals surface area contributed by atoms with Gasteiger partial charge in [0.2, 0.25) is 0 Å². The molecule has 0 aliphatic carbocycles. The molecule has 3 aromatic rings. The number of nitrogens with zero attached hydrogens (tertiary/aromatic N) is 4. The van der Waals surface area contributed by atoms with Gasteiger partial charge >= 0.3 is 0 Å². The summed E-state index contributed by atoms with van der Waals surface area (Å²) in [5, 5.41) is 7.32. The molecule has 1 aromatic carbocycles. The molecule has 1 aliphatic rings.